The van der Waals surface area contributed by atoms with Crippen LogP contribution in [0.3, 0.4) is 0 Å². The van der Waals surface area contributed by atoms with Crippen molar-refractivity contribution in [1.82, 2.24) is 0 Å². The van der Waals surface area contributed by atoms with Gasteiger partial charge in [0.05, 0.1) is 0 Å². The van der Waals surface area contributed by atoms with E-state index in [2.05, 4.69) is 0 Å². The molecule has 0 unspecified atom stereocenters. The van der Waals surface area contributed by atoms with Gasteiger partial charge in [0.15, 0.2) is 11.5 Å². The maximum absolute atomic E-state index is 13.5. The molecule has 0 bridgehead atoms. The van der Waals surface area contributed by atoms with E-state index in [1.807, 2.05) is 13.8 Å². The van der Waals surface area contributed by atoms with Crippen molar-refractivity contribution in [2.24, 2.45) is 5.73 Å². The molecule has 0 aromatic heterocycles. The van der Waals surface area contributed by atoms with Gasteiger partial charge in [0.2, 0.25) is 0 Å². The summed E-state index contributed by atoms with van der Waals surface area (Å²) in [5.74, 6) is -1.99. The van der Waals surface area contributed by atoms with Gasteiger partial charge in [-0.3, -0.25) is 0 Å². The Hall–Kier alpha value is -1.36. The molecule has 106 valence electrons. The molecule has 5 heteroatoms. The largest absolute Gasteiger partial charge is 0.486 e. The van der Waals surface area contributed by atoms with Crippen molar-refractivity contribution in [2.75, 3.05) is 13.2 Å². The van der Waals surface area contributed by atoms with Crippen LogP contribution in [0.1, 0.15) is 31.9 Å². The van der Waals surface area contributed by atoms with E-state index < -0.39 is 11.5 Å². The van der Waals surface area contributed by atoms with Crippen molar-refractivity contribution >= 4 is 0 Å². The highest BCUT2D eigenvalue weighted by Crippen LogP contribution is 2.40. The van der Waals surface area contributed by atoms with Gasteiger partial charge in [-0.2, -0.15) is 0 Å². The standard InChI is InChI=1S/C14H19F2NO2/c1-13(2,17)8-9-6-10(14(3,15)16)7-11-12(9)19-5-4-18-11/h6-7H,4-5,8,17H2,1-3H3. The Morgan fingerprint density at radius 3 is 2.37 bits per heavy atom. The monoisotopic (exact) mass is 271 g/mol. The zero-order valence-electron chi connectivity index (χ0n) is 11.4. The predicted octanol–water partition coefficient (Wildman–Crippen LogP) is 2.85. The minimum absolute atomic E-state index is 0.0731. The molecule has 1 aliphatic rings. The van der Waals surface area contributed by atoms with Crippen molar-refractivity contribution in [3.63, 3.8) is 0 Å². The summed E-state index contributed by atoms with van der Waals surface area (Å²) in [6.45, 7) is 5.36. The molecular weight excluding hydrogens is 252 g/mol. The van der Waals surface area contributed by atoms with E-state index in [0.717, 1.165) is 6.92 Å². The molecule has 0 fully saturated rings. The summed E-state index contributed by atoms with van der Waals surface area (Å²) >= 11 is 0. The van der Waals surface area contributed by atoms with Crippen LogP contribution < -0.4 is 15.2 Å². The summed E-state index contributed by atoms with van der Waals surface area (Å²) in [5.41, 5.74) is 6.07. The first kappa shape index (κ1) is 14.1. The van der Waals surface area contributed by atoms with Gasteiger partial charge < -0.3 is 15.2 Å². The second-order valence-electron chi connectivity index (χ2n) is 5.71. The van der Waals surface area contributed by atoms with Gasteiger partial charge in [0.25, 0.3) is 5.92 Å². The highest BCUT2D eigenvalue weighted by atomic mass is 19.3. The molecule has 2 N–H and O–H groups in total. The number of nitrogens with two attached hydrogens (primary N) is 1. The van der Waals surface area contributed by atoms with Crippen LogP contribution in [-0.4, -0.2) is 18.8 Å². The number of halogens is 2. The maximum atomic E-state index is 13.5. The third-order valence-electron chi connectivity index (χ3n) is 2.87. The van der Waals surface area contributed by atoms with Gasteiger partial charge in [0.1, 0.15) is 13.2 Å². The highest BCUT2D eigenvalue weighted by Gasteiger charge is 2.30. The first-order chi connectivity index (χ1) is 8.67. The molecule has 1 aromatic carbocycles. The number of hydrogen-bond donors (Lipinski definition) is 1. The lowest BCUT2D eigenvalue weighted by molar-refractivity contribution is 0.0168. The van der Waals surface area contributed by atoms with Crippen LogP contribution in [0.5, 0.6) is 11.5 Å². The first-order valence-corrected chi connectivity index (χ1v) is 6.26. The van der Waals surface area contributed by atoms with Crippen LogP contribution in [0, 0.1) is 0 Å². The van der Waals surface area contributed by atoms with Crippen molar-refractivity contribution in [3.05, 3.63) is 23.3 Å². The first-order valence-electron chi connectivity index (χ1n) is 6.26. The average Bonchev–Trinajstić information content (AvgIpc) is 2.25. The van der Waals surface area contributed by atoms with E-state index in [9.17, 15) is 8.78 Å². The molecule has 0 radical (unpaired) electrons. The van der Waals surface area contributed by atoms with Crippen LogP contribution in [0.25, 0.3) is 0 Å². The molecule has 0 saturated carbocycles. The lowest BCUT2D eigenvalue weighted by atomic mass is 9.93. The average molecular weight is 271 g/mol. The summed E-state index contributed by atoms with van der Waals surface area (Å²) in [7, 11) is 0. The van der Waals surface area contributed by atoms with Crippen LogP contribution in [0.2, 0.25) is 0 Å². The zero-order chi connectivity index (χ0) is 14.3. The molecule has 0 spiro atoms. The molecule has 0 saturated heterocycles. The van der Waals surface area contributed by atoms with Crippen LogP contribution in [0.15, 0.2) is 12.1 Å². The summed E-state index contributed by atoms with van der Waals surface area (Å²) in [5, 5.41) is 0. The summed E-state index contributed by atoms with van der Waals surface area (Å²) in [6, 6.07) is 2.81. The van der Waals surface area contributed by atoms with Gasteiger partial charge in [-0.15, -0.1) is 0 Å². The van der Waals surface area contributed by atoms with Gasteiger partial charge in [-0.1, -0.05) is 0 Å². The van der Waals surface area contributed by atoms with E-state index in [0.29, 0.717) is 36.7 Å². The van der Waals surface area contributed by atoms with E-state index in [-0.39, 0.29) is 5.56 Å². The van der Waals surface area contributed by atoms with Crippen LogP contribution >= 0.6 is 0 Å². The second kappa shape index (κ2) is 4.63. The van der Waals surface area contributed by atoms with Gasteiger partial charge in [-0.25, -0.2) is 8.78 Å². The molecule has 19 heavy (non-hydrogen) atoms. The summed E-state index contributed by atoms with van der Waals surface area (Å²) < 4.78 is 38.0. The van der Waals surface area contributed by atoms with E-state index in [4.69, 9.17) is 15.2 Å². The normalized spacial score (nSPS) is 15.5. The van der Waals surface area contributed by atoms with E-state index in [1.54, 1.807) is 0 Å². The van der Waals surface area contributed by atoms with E-state index in [1.165, 1.54) is 12.1 Å². The van der Waals surface area contributed by atoms with Crippen molar-refractivity contribution in [3.8, 4) is 11.5 Å². The van der Waals surface area contributed by atoms with Crippen LogP contribution in [-0.2, 0) is 12.3 Å². The molecule has 2 rings (SSSR count). The number of benzene rings is 1. The zero-order valence-corrected chi connectivity index (χ0v) is 11.4. The second-order valence-corrected chi connectivity index (χ2v) is 5.71. The van der Waals surface area contributed by atoms with Crippen molar-refractivity contribution in [1.29, 1.82) is 0 Å². The minimum Gasteiger partial charge on any atom is -0.486 e. The fourth-order valence-electron chi connectivity index (χ4n) is 2.10. The van der Waals surface area contributed by atoms with Crippen molar-refractivity contribution in [2.45, 2.75) is 38.7 Å². The number of ether oxygens (including phenoxy) is 2. The molecule has 0 atom stereocenters. The third-order valence-corrected chi connectivity index (χ3v) is 2.87. The fourth-order valence-corrected chi connectivity index (χ4v) is 2.10. The molecule has 0 amide bonds. The Bertz CT molecular complexity index is 476. The minimum atomic E-state index is -2.91. The summed E-state index contributed by atoms with van der Waals surface area (Å²) in [4.78, 5) is 0. The Balaban J connectivity index is 2.50. The molecule has 1 aromatic rings. The third kappa shape index (κ3) is 3.35. The Morgan fingerprint density at radius 1 is 1.16 bits per heavy atom. The molecule has 1 heterocycles. The van der Waals surface area contributed by atoms with Crippen LogP contribution in [0.4, 0.5) is 8.78 Å². The Labute approximate surface area is 111 Å². The van der Waals surface area contributed by atoms with Gasteiger partial charge in [-0.05, 0) is 32.4 Å². The molecule has 3 nitrogen and oxygen atoms in total. The number of alkyl halides is 2. The Kier molecular flexibility index (Phi) is 3.43. The van der Waals surface area contributed by atoms with Gasteiger partial charge >= 0.3 is 0 Å². The topological polar surface area (TPSA) is 44.5 Å². The van der Waals surface area contributed by atoms with Crippen molar-refractivity contribution < 1.29 is 18.3 Å². The fraction of sp³-hybridized carbons (Fsp3) is 0.571. The number of fused-ring (bicyclic) bond motifs is 1. The van der Waals surface area contributed by atoms with E-state index >= 15 is 0 Å². The SMILES string of the molecule is CC(C)(N)Cc1cc(C(C)(F)F)cc2c1OCCO2. The molecule has 0 aliphatic carbocycles. The predicted molar refractivity (Wildman–Crippen MR) is 69.0 cm³/mol. The quantitative estimate of drug-likeness (QED) is 0.919. The molecular formula is C14H19F2NO2. The maximum Gasteiger partial charge on any atom is 0.270 e. The molecule has 1 aliphatic heterocycles. The highest BCUT2D eigenvalue weighted by molar-refractivity contribution is 5.51. The number of rotatable bonds is 3. The smallest absolute Gasteiger partial charge is 0.270 e. The lowest BCUT2D eigenvalue weighted by Gasteiger charge is -2.26. The summed E-state index contributed by atoms with van der Waals surface area (Å²) in [6.07, 6.45) is 0.447. The number of hydrogen-bond acceptors (Lipinski definition) is 3. The lowest BCUT2D eigenvalue weighted by Crippen LogP contribution is -2.35. The van der Waals surface area contributed by atoms with Gasteiger partial charge in [0, 0.05) is 23.6 Å². The Morgan fingerprint density at radius 2 is 1.79 bits per heavy atom.